The summed E-state index contributed by atoms with van der Waals surface area (Å²) in [5.41, 5.74) is 0.284. The van der Waals surface area contributed by atoms with Crippen LogP contribution in [0.2, 0.25) is 0 Å². The molecule has 0 aliphatic carbocycles. The monoisotopic (exact) mass is 244 g/mol. The van der Waals surface area contributed by atoms with Gasteiger partial charge in [0.05, 0.1) is 14.2 Å². The Hall–Kier alpha value is -1.06. The van der Waals surface area contributed by atoms with Crippen molar-refractivity contribution >= 4 is 11.9 Å². The number of hydrogen-bond donors (Lipinski definition) is 0. The van der Waals surface area contributed by atoms with Gasteiger partial charge in [-0.15, -0.1) is 0 Å². The molecule has 0 radical (unpaired) electrons. The van der Waals surface area contributed by atoms with E-state index in [1.165, 1.54) is 14.2 Å². The number of unbranched alkanes of at least 4 members (excludes halogenated alkanes) is 1. The van der Waals surface area contributed by atoms with Crippen LogP contribution in [0.3, 0.4) is 0 Å². The number of carbonyl (C=O) groups excluding carboxylic acids is 2. The zero-order valence-corrected chi connectivity index (χ0v) is 11.5. The molecule has 0 aliphatic heterocycles. The Bertz CT molecular complexity index is 237. The molecule has 0 rings (SSSR count). The summed E-state index contributed by atoms with van der Waals surface area (Å²) in [5, 5.41) is 0. The number of ether oxygens (including phenoxy) is 2. The highest BCUT2D eigenvalue weighted by Gasteiger charge is 2.27. The summed E-state index contributed by atoms with van der Waals surface area (Å²) in [4.78, 5) is 22.8. The molecule has 4 nitrogen and oxygen atoms in total. The molecule has 0 aromatic rings. The third kappa shape index (κ3) is 6.97. The van der Waals surface area contributed by atoms with Crippen LogP contribution in [0.25, 0.3) is 0 Å². The number of esters is 2. The predicted molar refractivity (Wildman–Crippen MR) is 65.4 cm³/mol. The second-order valence-corrected chi connectivity index (χ2v) is 5.41. The number of rotatable bonds is 6. The summed E-state index contributed by atoms with van der Waals surface area (Å²) in [6.45, 7) is 6.52. The first-order valence-corrected chi connectivity index (χ1v) is 5.97. The highest BCUT2D eigenvalue weighted by atomic mass is 16.5. The van der Waals surface area contributed by atoms with Gasteiger partial charge in [-0.2, -0.15) is 0 Å². The highest BCUT2D eigenvalue weighted by molar-refractivity contribution is 5.94. The predicted octanol–water partition coefficient (Wildman–Crippen LogP) is 2.56. The number of methoxy groups -OCH3 is 2. The smallest absolute Gasteiger partial charge is 0.320 e. The fraction of sp³-hybridized carbons (Fsp3) is 0.846. The van der Waals surface area contributed by atoms with E-state index in [1.54, 1.807) is 0 Å². The first-order valence-electron chi connectivity index (χ1n) is 5.97. The third-order valence-electron chi connectivity index (χ3n) is 2.64. The molecular weight excluding hydrogens is 220 g/mol. The average Bonchev–Trinajstić information content (AvgIpc) is 2.26. The maximum absolute atomic E-state index is 11.4. The van der Waals surface area contributed by atoms with Crippen molar-refractivity contribution in [1.82, 2.24) is 0 Å². The maximum Gasteiger partial charge on any atom is 0.320 e. The Balaban J connectivity index is 4.10. The van der Waals surface area contributed by atoms with Crippen LogP contribution in [-0.4, -0.2) is 26.2 Å². The van der Waals surface area contributed by atoms with E-state index in [-0.39, 0.29) is 5.41 Å². The van der Waals surface area contributed by atoms with Gasteiger partial charge in [-0.05, 0) is 18.3 Å². The van der Waals surface area contributed by atoms with E-state index in [0.29, 0.717) is 6.42 Å². The molecule has 0 bridgehead atoms. The first-order chi connectivity index (χ1) is 7.81. The fourth-order valence-corrected chi connectivity index (χ4v) is 1.62. The zero-order valence-electron chi connectivity index (χ0n) is 11.5. The van der Waals surface area contributed by atoms with Gasteiger partial charge in [0.2, 0.25) is 0 Å². The molecular formula is C13H24O4. The summed E-state index contributed by atoms with van der Waals surface area (Å²) in [6.07, 6.45) is 3.39. The van der Waals surface area contributed by atoms with Gasteiger partial charge in [0.25, 0.3) is 0 Å². The van der Waals surface area contributed by atoms with Crippen LogP contribution in [0, 0.1) is 11.3 Å². The van der Waals surface area contributed by atoms with E-state index in [9.17, 15) is 9.59 Å². The molecule has 0 unspecified atom stereocenters. The molecule has 0 saturated carbocycles. The maximum atomic E-state index is 11.4. The van der Waals surface area contributed by atoms with Crippen LogP contribution < -0.4 is 0 Å². The van der Waals surface area contributed by atoms with Crippen molar-refractivity contribution in [2.75, 3.05) is 14.2 Å². The van der Waals surface area contributed by atoms with Crippen LogP contribution in [0.5, 0.6) is 0 Å². The Labute approximate surface area is 104 Å². The standard InChI is InChI=1S/C13H24O4/c1-13(2,3)9-7-6-8-10(11(14)16-4)12(15)17-5/h10H,6-9H2,1-5H3. The lowest BCUT2D eigenvalue weighted by atomic mass is 9.88. The fourth-order valence-electron chi connectivity index (χ4n) is 1.62. The van der Waals surface area contributed by atoms with E-state index in [4.69, 9.17) is 0 Å². The van der Waals surface area contributed by atoms with Crippen molar-refractivity contribution in [1.29, 1.82) is 0 Å². The molecule has 0 N–H and O–H groups in total. The normalized spacial score (nSPS) is 11.4. The minimum atomic E-state index is -0.773. The van der Waals surface area contributed by atoms with Gasteiger partial charge >= 0.3 is 11.9 Å². The Morgan fingerprint density at radius 3 is 1.82 bits per heavy atom. The Morgan fingerprint density at radius 1 is 1.00 bits per heavy atom. The van der Waals surface area contributed by atoms with Crippen molar-refractivity contribution in [3.8, 4) is 0 Å². The quantitative estimate of drug-likeness (QED) is 0.409. The highest BCUT2D eigenvalue weighted by Crippen LogP contribution is 2.23. The SMILES string of the molecule is COC(=O)C(CCCCC(C)(C)C)C(=O)OC. The molecule has 0 saturated heterocycles. The summed E-state index contributed by atoms with van der Waals surface area (Å²) >= 11 is 0. The number of carbonyl (C=O) groups is 2. The van der Waals surface area contributed by atoms with Crippen molar-refractivity contribution in [2.45, 2.75) is 46.5 Å². The average molecular weight is 244 g/mol. The van der Waals surface area contributed by atoms with Gasteiger partial charge < -0.3 is 9.47 Å². The summed E-state index contributed by atoms with van der Waals surface area (Å²) in [5.74, 6) is -1.79. The van der Waals surface area contributed by atoms with Gasteiger partial charge in [0, 0.05) is 0 Å². The van der Waals surface area contributed by atoms with Gasteiger partial charge in [-0.1, -0.05) is 33.6 Å². The molecule has 0 aromatic carbocycles. The van der Waals surface area contributed by atoms with Crippen molar-refractivity contribution in [3.63, 3.8) is 0 Å². The van der Waals surface area contributed by atoms with E-state index < -0.39 is 17.9 Å². The lowest BCUT2D eigenvalue weighted by Gasteiger charge is -2.18. The second-order valence-electron chi connectivity index (χ2n) is 5.41. The molecule has 0 aromatic heterocycles. The van der Waals surface area contributed by atoms with Crippen LogP contribution in [-0.2, 0) is 19.1 Å². The lowest BCUT2D eigenvalue weighted by Crippen LogP contribution is -2.26. The second kappa shape index (κ2) is 7.30. The number of hydrogen-bond acceptors (Lipinski definition) is 4. The molecule has 4 heteroatoms. The van der Waals surface area contributed by atoms with Gasteiger partial charge in [-0.3, -0.25) is 9.59 Å². The third-order valence-corrected chi connectivity index (χ3v) is 2.64. The van der Waals surface area contributed by atoms with Crippen LogP contribution in [0.1, 0.15) is 46.5 Å². The zero-order chi connectivity index (χ0) is 13.5. The van der Waals surface area contributed by atoms with Crippen molar-refractivity contribution < 1.29 is 19.1 Å². The molecule has 0 fully saturated rings. The molecule has 0 amide bonds. The van der Waals surface area contributed by atoms with E-state index in [1.807, 2.05) is 0 Å². The van der Waals surface area contributed by atoms with Crippen molar-refractivity contribution in [2.24, 2.45) is 11.3 Å². The van der Waals surface area contributed by atoms with E-state index in [0.717, 1.165) is 19.3 Å². The largest absolute Gasteiger partial charge is 0.468 e. The summed E-state index contributed by atoms with van der Waals surface area (Å²) in [6, 6.07) is 0. The van der Waals surface area contributed by atoms with Crippen LogP contribution >= 0.6 is 0 Å². The van der Waals surface area contributed by atoms with Gasteiger partial charge in [0.1, 0.15) is 0 Å². The van der Waals surface area contributed by atoms with Crippen molar-refractivity contribution in [3.05, 3.63) is 0 Å². The Morgan fingerprint density at radius 2 is 1.47 bits per heavy atom. The topological polar surface area (TPSA) is 52.6 Å². The lowest BCUT2D eigenvalue weighted by molar-refractivity contribution is -0.159. The molecule has 0 heterocycles. The summed E-state index contributed by atoms with van der Waals surface area (Å²) in [7, 11) is 2.57. The Kier molecular flexibility index (Phi) is 6.85. The molecule has 17 heavy (non-hydrogen) atoms. The minimum Gasteiger partial charge on any atom is -0.468 e. The molecule has 0 atom stereocenters. The molecule has 100 valence electrons. The van der Waals surface area contributed by atoms with Gasteiger partial charge in [-0.25, -0.2) is 0 Å². The van der Waals surface area contributed by atoms with Gasteiger partial charge in [0.15, 0.2) is 5.92 Å². The molecule has 0 aliphatic rings. The van der Waals surface area contributed by atoms with E-state index >= 15 is 0 Å². The molecule has 0 spiro atoms. The summed E-state index contributed by atoms with van der Waals surface area (Å²) < 4.78 is 9.19. The van der Waals surface area contributed by atoms with Crippen LogP contribution in [0.15, 0.2) is 0 Å². The first kappa shape index (κ1) is 15.9. The minimum absolute atomic E-state index is 0.284. The van der Waals surface area contributed by atoms with E-state index in [2.05, 4.69) is 30.2 Å². The van der Waals surface area contributed by atoms with Crippen LogP contribution in [0.4, 0.5) is 0 Å².